The van der Waals surface area contributed by atoms with Crippen molar-refractivity contribution in [3.8, 4) is 5.88 Å². The second-order valence-electron chi connectivity index (χ2n) is 2.52. The van der Waals surface area contributed by atoms with Gasteiger partial charge < -0.3 is 4.74 Å². The molecule has 12 heavy (non-hydrogen) atoms. The van der Waals surface area contributed by atoms with E-state index in [9.17, 15) is 0 Å². The number of halogens is 1. The minimum atomic E-state index is 0.741. The van der Waals surface area contributed by atoms with Gasteiger partial charge in [0.2, 0.25) is 5.88 Å². The molecule has 0 aliphatic rings. The Morgan fingerprint density at radius 1 is 1.67 bits per heavy atom. The average Bonchev–Trinajstić information content (AvgIpc) is 2.42. The van der Waals surface area contributed by atoms with Gasteiger partial charge in [0.15, 0.2) is 0 Å². The van der Waals surface area contributed by atoms with Crippen LogP contribution in [0.15, 0.2) is 6.20 Å². The predicted molar refractivity (Wildman–Crippen MR) is 57.0 cm³/mol. The summed E-state index contributed by atoms with van der Waals surface area (Å²) in [5.41, 5.74) is 1.18. The van der Waals surface area contributed by atoms with Gasteiger partial charge in [-0.25, -0.2) is 0 Å². The van der Waals surface area contributed by atoms with Gasteiger partial charge in [0.25, 0.3) is 0 Å². The molecule has 0 bridgehead atoms. The summed E-state index contributed by atoms with van der Waals surface area (Å²) in [6.07, 6.45) is 2.98. The lowest BCUT2D eigenvalue weighted by Crippen LogP contribution is -2.00. The van der Waals surface area contributed by atoms with Crippen LogP contribution in [0.4, 0.5) is 0 Å². The van der Waals surface area contributed by atoms with Crippen LogP contribution in [0.3, 0.4) is 0 Å². The molecular weight excluding hydrogens is 267 g/mol. The van der Waals surface area contributed by atoms with E-state index in [-0.39, 0.29) is 0 Å². The zero-order valence-corrected chi connectivity index (χ0v) is 9.54. The summed E-state index contributed by atoms with van der Waals surface area (Å²) in [6, 6.07) is 0. The molecule has 68 valence electrons. The van der Waals surface area contributed by atoms with Crippen molar-refractivity contribution in [2.45, 2.75) is 13.3 Å². The first-order chi connectivity index (χ1) is 5.77. The second kappa shape index (κ2) is 4.69. The summed E-state index contributed by atoms with van der Waals surface area (Å²) >= 11 is 2.29. The van der Waals surface area contributed by atoms with Crippen LogP contribution in [-0.2, 0) is 13.5 Å². The maximum atomic E-state index is 5.46. The molecule has 1 heterocycles. The molecule has 0 saturated heterocycles. The maximum absolute atomic E-state index is 5.46. The Balaban J connectivity index is 2.68. The summed E-state index contributed by atoms with van der Waals surface area (Å²) < 4.78 is 8.25. The molecule has 1 rings (SSSR count). The minimum Gasteiger partial charge on any atom is -0.476 e. The number of aromatic nitrogens is 2. The Labute approximate surface area is 86.2 Å². The Morgan fingerprint density at radius 3 is 3.00 bits per heavy atom. The van der Waals surface area contributed by atoms with Crippen molar-refractivity contribution in [2.75, 3.05) is 11.0 Å². The van der Waals surface area contributed by atoms with Crippen molar-refractivity contribution in [2.24, 2.45) is 7.05 Å². The van der Waals surface area contributed by atoms with Crippen molar-refractivity contribution in [3.63, 3.8) is 0 Å². The van der Waals surface area contributed by atoms with Gasteiger partial charge in [-0.1, -0.05) is 29.5 Å². The zero-order chi connectivity index (χ0) is 8.97. The SMILES string of the molecule is CCc1cn(C)nc1OCCI. The van der Waals surface area contributed by atoms with Crippen LogP contribution in [0.1, 0.15) is 12.5 Å². The van der Waals surface area contributed by atoms with Gasteiger partial charge in [-0.15, -0.1) is 5.10 Å². The number of alkyl halides is 1. The molecule has 1 aromatic heterocycles. The normalized spacial score (nSPS) is 10.2. The van der Waals surface area contributed by atoms with E-state index in [1.54, 1.807) is 4.68 Å². The highest BCUT2D eigenvalue weighted by Crippen LogP contribution is 2.15. The van der Waals surface area contributed by atoms with Gasteiger partial charge in [-0.05, 0) is 6.42 Å². The summed E-state index contributed by atoms with van der Waals surface area (Å²) in [6.45, 7) is 2.85. The van der Waals surface area contributed by atoms with E-state index in [0.29, 0.717) is 0 Å². The van der Waals surface area contributed by atoms with Crippen molar-refractivity contribution < 1.29 is 4.74 Å². The quantitative estimate of drug-likeness (QED) is 0.621. The minimum absolute atomic E-state index is 0.741. The molecule has 0 saturated carbocycles. The van der Waals surface area contributed by atoms with Crippen LogP contribution in [0.5, 0.6) is 5.88 Å². The van der Waals surface area contributed by atoms with Gasteiger partial charge in [0.05, 0.1) is 6.61 Å². The Hall–Kier alpha value is -0.260. The average molecular weight is 280 g/mol. The molecule has 4 heteroatoms. The number of rotatable bonds is 4. The first-order valence-electron chi connectivity index (χ1n) is 3.99. The van der Waals surface area contributed by atoms with Crippen molar-refractivity contribution >= 4 is 22.6 Å². The fourth-order valence-corrected chi connectivity index (χ4v) is 1.24. The third-order valence-electron chi connectivity index (χ3n) is 1.56. The molecule has 0 N–H and O–H groups in total. The number of hydrogen-bond acceptors (Lipinski definition) is 2. The highest BCUT2D eigenvalue weighted by Gasteiger charge is 2.05. The molecule has 0 amide bonds. The molecule has 0 unspecified atom stereocenters. The van der Waals surface area contributed by atoms with Crippen LogP contribution in [-0.4, -0.2) is 20.8 Å². The lowest BCUT2D eigenvalue weighted by Gasteiger charge is -2.00. The summed E-state index contributed by atoms with van der Waals surface area (Å²) in [4.78, 5) is 0. The monoisotopic (exact) mass is 280 g/mol. The van der Waals surface area contributed by atoms with Crippen molar-refractivity contribution in [3.05, 3.63) is 11.8 Å². The third kappa shape index (κ3) is 2.36. The van der Waals surface area contributed by atoms with Crippen molar-refractivity contribution in [1.29, 1.82) is 0 Å². The fraction of sp³-hybridized carbons (Fsp3) is 0.625. The molecule has 0 aromatic carbocycles. The van der Waals surface area contributed by atoms with E-state index in [0.717, 1.165) is 23.3 Å². The molecule has 1 aromatic rings. The first kappa shape index (κ1) is 9.83. The molecule has 0 radical (unpaired) electrons. The largest absolute Gasteiger partial charge is 0.476 e. The van der Waals surface area contributed by atoms with Crippen LogP contribution < -0.4 is 4.74 Å². The van der Waals surface area contributed by atoms with Crippen LogP contribution >= 0.6 is 22.6 Å². The Morgan fingerprint density at radius 2 is 2.42 bits per heavy atom. The number of aryl methyl sites for hydroxylation is 2. The smallest absolute Gasteiger partial charge is 0.235 e. The molecule has 3 nitrogen and oxygen atoms in total. The molecule has 0 atom stereocenters. The van der Waals surface area contributed by atoms with Gasteiger partial charge >= 0.3 is 0 Å². The van der Waals surface area contributed by atoms with Gasteiger partial charge in [0.1, 0.15) is 0 Å². The molecule has 0 aliphatic carbocycles. The van der Waals surface area contributed by atoms with E-state index >= 15 is 0 Å². The van der Waals surface area contributed by atoms with Crippen molar-refractivity contribution in [1.82, 2.24) is 9.78 Å². The summed E-state index contributed by atoms with van der Waals surface area (Å²) in [5.74, 6) is 0.789. The van der Waals surface area contributed by atoms with E-state index < -0.39 is 0 Å². The zero-order valence-electron chi connectivity index (χ0n) is 7.38. The van der Waals surface area contributed by atoms with Crippen LogP contribution in [0, 0.1) is 0 Å². The first-order valence-corrected chi connectivity index (χ1v) is 5.51. The molecule has 0 spiro atoms. The third-order valence-corrected chi connectivity index (χ3v) is 2.00. The van der Waals surface area contributed by atoms with Crippen LogP contribution in [0.2, 0.25) is 0 Å². The van der Waals surface area contributed by atoms with E-state index in [4.69, 9.17) is 4.74 Å². The van der Waals surface area contributed by atoms with E-state index in [1.165, 1.54) is 5.56 Å². The Bertz CT molecular complexity index is 247. The highest BCUT2D eigenvalue weighted by atomic mass is 127. The van der Waals surface area contributed by atoms with Gasteiger partial charge in [-0.3, -0.25) is 4.68 Å². The second-order valence-corrected chi connectivity index (χ2v) is 3.60. The van der Waals surface area contributed by atoms with E-state index in [1.807, 2.05) is 13.2 Å². The molecule has 0 fully saturated rings. The lowest BCUT2D eigenvalue weighted by molar-refractivity contribution is 0.326. The predicted octanol–water partition coefficient (Wildman–Crippen LogP) is 1.80. The summed E-state index contributed by atoms with van der Waals surface area (Å²) in [5, 5.41) is 4.21. The highest BCUT2D eigenvalue weighted by molar-refractivity contribution is 14.1. The number of ether oxygens (including phenoxy) is 1. The molecule has 0 aliphatic heterocycles. The lowest BCUT2D eigenvalue weighted by atomic mass is 10.3. The van der Waals surface area contributed by atoms with E-state index in [2.05, 4.69) is 34.6 Å². The van der Waals surface area contributed by atoms with Crippen LogP contribution in [0.25, 0.3) is 0 Å². The Kier molecular flexibility index (Phi) is 3.84. The number of nitrogens with zero attached hydrogens (tertiary/aromatic N) is 2. The standard InChI is InChI=1S/C8H13IN2O/c1-3-7-6-11(2)10-8(7)12-5-4-9/h6H,3-5H2,1-2H3. The number of hydrogen-bond donors (Lipinski definition) is 0. The van der Waals surface area contributed by atoms with Gasteiger partial charge in [0, 0.05) is 23.2 Å². The van der Waals surface area contributed by atoms with Gasteiger partial charge in [-0.2, -0.15) is 0 Å². The summed E-state index contributed by atoms with van der Waals surface area (Å²) in [7, 11) is 1.91. The topological polar surface area (TPSA) is 27.1 Å². The molecular formula is C8H13IN2O. The maximum Gasteiger partial charge on any atom is 0.235 e. The fourth-order valence-electron chi connectivity index (χ4n) is 1.02.